The fraction of sp³-hybridized carbons (Fsp3) is 0.417. The third-order valence-electron chi connectivity index (χ3n) is 2.48. The van der Waals surface area contributed by atoms with Crippen LogP contribution in [-0.4, -0.2) is 32.0 Å². The van der Waals surface area contributed by atoms with E-state index in [1.54, 1.807) is 12.1 Å². The molecule has 0 spiro atoms. The first kappa shape index (κ1) is 15.0. The minimum absolute atomic E-state index is 0.0957. The summed E-state index contributed by atoms with van der Waals surface area (Å²) in [6.07, 6.45) is 4.19. The van der Waals surface area contributed by atoms with Crippen molar-refractivity contribution < 1.29 is 18.3 Å². The summed E-state index contributed by atoms with van der Waals surface area (Å²) < 4.78 is 23.3. The summed E-state index contributed by atoms with van der Waals surface area (Å²) in [5, 5.41) is 8.56. The SMILES string of the molecule is CSc1ccc(CCCC(=O)O)cc1S(C)(=O)=O. The molecule has 0 bridgehead atoms. The maximum atomic E-state index is 11.6. The summed E-state index contributed by atoms with van der Waals surface area (Å²) in [5.41, 5.74) is 0.856. The average Bonchev–Trinajstić information content (AvgIpc) is 2.27. The Hall–Kier alpha value is -1.01. The standard InChI is InChI=1S/C12H16O4S2/c1-17-10-7-6-9(4-3-5-12(13)14)8-11(10)18(2,15)16/h6-8H,3-5H2,1-2H3,(H,13,14). The molecule has 18 heavy (non-hydrogen) atoms. The van der Waals surface area contributed by atoms with E-state index in [9.17, 15) is 13.2 Å². The molecule has 6 heteroatoms. The van der Waals surface area contributed by atoms with Gasteiger partial charge >= 0.3 is 5.97 Å². The van der Waals surface area contributed by atoms with Crippen LogP contribution in [0.25, 0.3) is 0 Å². The third kappa shape index (κ3) is 4.34. The second-order valence-corrected chi connectivity index (χ2v) is 6.84. The molecule has 0 saturated carbocycles. The Kier molecular flexibility index (Phi) is 5.22. The number of hydrogen-bond acceptors (Lipinski definition) is 4. The molecule has 1 aromatic rings. The zero-order chi connectivity index (χ0) is 13.8. The molecular weight excluding hydrogens is 272 g/mol. The van der Waals surface area contributed by atoms with Gasteiger partial charge in [0.1, 0.15) is 0 Å². The fourth-order valence-electron chi connectivity index (χ4n) is 1.61. The first-order chi connectivity index (χ1) is 8.34. The van der Waals surface area contributed by atoms with E-state index >= 15 is 0 Å². The largest absolute Gasteiger partial charge is 0.481 e. The van der Waals surface area contributed by atoms with E-state index in [1.807, 2.05) is 12.3 Å². The van der Waals surface area contributed by atoms with Crippen molar-refractivity contribution in [3.05, 3.63) is 23.8 Å². The van der Waals surface area contributed by atoms with Crippen molar-refractivity contribution in [2.24, 2.45) is 0 Å². The van der Waals surface area contributed by atoms with Crippen molar-refractivity contribution in [1.29, 1.82) is 0 Å². The number of aryl methyl sites for hydroxylation is 1. The first-order valence-corrected chi connectivity index (χ1v) is 8.55. The molecule has 0 saturated heterocycles. The molecule has 1 N–H and O–H groups in total. The molecule has 0 radical (unpaired) electrons. The van der Waals surface area contributed by atoms with E-state index < -0.39 is 15.8 Å². The lowest BCUT2D eigenvalue weighted by Gasteiger charge is -2.08. The summed E-state index contributed by atoms with van der Waals surface area (Å²) in [6.45, 7) is 0. The fourth-order valence-corrected chi connectivity index (χ4v) is 3.58. The average molecular weight is 288 g/mol. The number of carbonyl (C=O) groups is 1. The van der Waals surface area contributed by atoms with Gasteiger partial charge in [0, 0.05) is 17.6 Å². The quantitative estimate of drug-likeness (QED) is 0.813. The van der Waals surface area contributed by atoms with Crippen LogP contribution in [0.3, 0.4) is 0 Å². The van der Waals surface area contributed by atoms with Gasteiger partial charge in [-0.25, -0.2) is 8.42 Å². The predicted molar refractivity (Wildman–Crippen MR) is 71.9 cm³/mol. The smallest absolute Gasteiger partial charge is 0.303 e. The van der Waals surface area contributed by atoms with Crippen LogP contribution in [-0.2, 0) is 21.1 Å². The van der Waals surface area contributed by atoms with Gasteiger partial charge in [-0.1, -0.05) is 6.07 Å². The predicted octanol–water partition coefficient (Wildman–Crippen LogP) is 2.22. The Morgan fingerprint density at radius 2 is 2.06 bits per heavy atom. The van der Waals surface area contributed by atoms with E-state index in [-0.39, 0.29) is 6.42 Å². The lowest BCUT2D eigenvalue weighted by Crippen LogP contribution is -2.01. The molecule has 0 amide bonds. The molecule has 4 nitrogen and oxygen atoms in total. The highest BCUT2D eigenvalue weighted by Crippen LogP contribution is 2.26. The highest BCUT2D eigenvalue weighted by molar-refractivity contribution is 7.99. The monoisotopic (exact) mass is 288 g/mol. The summed E-state index contributed by atoms with van der Waals surface area (Å²) in [7, 11) is -3.25. The topological polar surface area (TPSA) is 71.4 Å². The zero-order valence-corrected chi connectivity index (χ0v) is 12.0. The number of thioether (sulfide) groups is 1. The summed E-state index contributed by atoms with van der Waals surface area (Å²) in [6, 6.07) is 5.27. The Labute approximate surface area is 111 Å². The number of benzene rings is 1. The van der Waals surface area contributed by atoms with Crippen LogP contribution in [0.5, 0.6) is 0 Å². The van der Waals surface area contributed by atoms with Crippen LogP contribution in [0, 0.1) is 0 Å². The third-order valence-corrected chi connectivity index (χ3v) is 4.55. The van der Waals surface area contributed by atoms with Gasteiger partial charge in [-0.05, 0) is 36.8 Å². The van der Waals surface area contributed by atoms with E-state index in [4.69, 9.17) is 5.11 Å². The van der Waals surface area contributed by atoms with Crippen molar-refractivity contribution in [2.75, 3.05) is 12.5 Å². The van der Waals surface area contributed by atoms with Gasteiger partial charge in [-0.15, -0.1) is 11.8 Å². The normalized spacial score (nSPS) is 11.4. The van der Waals surface area contributed by atoms with Crippen LogP contribution < -0.4 is 0 Å². The number of carboxylic acids is 1. The number of rotatable bonds is 6. The van der Waals surface area contributed by atoms with Crippen LogP contribution >= 0.6 is 11.8 Å². The van der Waals surface area contributed by atoms with Gasteiger partial charge in [0.15, 0.2) is 9.84 Å². The molecule has 1 rings (SSSR count). The van der Waals surface area contributed by atoms with E-state index in [2.05, 4.69) is 0 Å². The van der Waals surface area contributed by atoms with Gasteiger partial charge in [0.2, 0.25) is 0 Å². The van der Waals surface area contributed by atoms with Crippen molar-refractivity contribution in [3.63, 3.8) is 0 Å². The summed E-state index contributed by atoms with van der Waals surface area (Å²) in [4.78, 5) is 11.5. The van der Waals surface area contributed by atoms with E-state index in [0.29, 0.717) is 17.7 Å². The number of aliphatic carboxylic acids is 1. The molecule has 0 aliphatic carbocycles. The van der Waals surface area contributed by atoms with Gasteiger partial charge < -0.3 is 5.11 Å². The second kappa shape index (κ2) is 6.24. The zero-order valence-electron chi connectivity index (χ0n) is 10.3. The molecule has 0 aromatic heterocycles. The van der Waals surface area contributed by atoms with Gasteiger partial charge in [-0.2, -0.15) is 0 Å². The minimum atomic E-state index is -3.25. The van der Waals surface area contributed by atoms with Crippen molar-refractivity contribution >= 4 is 27.6 Å². The van der Waals surface area contributed by atoms with Gasteiger partial charge in [-0.3, -0.25) is 4.79 Å². The van der Waals surface area contributed by atoms with Crippen LogP contribution in [0.4, 0.5) is 0 Å². The first-order valence-electron chi connectivity index (χ1n) is 5.43. The summed E-state index contributed by atoms with van der Waals surface area (Å²) in [5.74, 6) is -0.834. The lowest BCUT2D eigenvalue weighted by molar-refractivity contribution is -0.137. The van der Waals surface area contributed by atoms with Crippen LogP contribution in [0.2, 0.25) is 0 Å². The maximum Gasteiger partial charge on any atom is 0.303 e. The number of hydrogen-bond donors (Lipinski definition) is 1. The molecule has 0 unspecified atom stereocenters. The Morgan fingerprint density at radius 1 is 1.39 bits per heavy atom. The Balaban J connectivity index is 2.93. The highest BCUT2D eigenvalue weighted by Gasteiger charge is 2.13. The van der Waals surface area contributed by atoms with E-state index in [0.717, 1.165) is 10.5 Å². The molecule has 0 aliphatic rings. The molecule has 0 fully saturated rings. The molecule has 100 valence electrons. The van der Waals surface area contributed by atoms with E-state index in [1.165, 1.54) is 18.0 Å². The van der Waals surface area contributed by atoms with Gasteiger partial charge in [0.05, 0.1) is 4.90 Å². The lowest BCUT2D eigenvalue weighted by atomic mass is 10.1. The molecule has 0 aliphatic heterocycles. The molecule has 1 aromatic carbocycles. The number of sulfone groups is 1. The van der Waals surface area contributed by atoms with Crippen molar-refractivity contribution in [1.82, 2.24) is 0 Å². The molecule has 0 heterocycles. The minimum Gasteiger partial charge on any atom is -0.481 e. The van der Waals surface area contributed by atoms with Gasteiger partial charge in [0.25, 0.3) is 0 Å². The van der Waals surface area contributed by atoms with Crippen molar-refractivity contribution in [3.8, 4) is 0 Å². The molecular formula is C12H16O4S2. The Bertz CT molecular complexity index is 535. The highest BCUT2D eigenvalue weighted by atomic mass is 32.2. The van der Waals surface area contributed by atoms with Crippen LogP contribution in [0.1, 0.15) is 18.4 Å². The maximum absolute atomic E-state index is 11.6. The second-order valence-electron chi connectivity index (χ2n) is 4.00. The van der Waals surface area contributed by atoms with Crippen molar-refractivity contribution in [2.45, 2.75) is 29.1 Å². The number of carboxylic acid groups (broad SMARTS) is 1. The molecule has 0 atom stereocenters. The Morgan fingerprint density at radius 3 is 2.56 bits per heavy atom. The summed E-state index contributed by atoms with van der Waals surface area (Å²) >= 11 is 1.39. The van der Waals surface area contributed by atoms with Crippen LogP contribution in [0.15, 0.2) is 28.0 Å².